The number of amides is 1. The van der Waals surface area contributed by atoms with Gasteiger partial charge in [0.1, 0.15) is 0 Å². The summed E-state index contributed by atoms with van der Waals surface area (Å²) in [5, 5.41) is 0. The van der Waals surface area contributed by atoms with E-state index in [0.717, 1.165) is 71.6 Å². The first kappa shape index (κ1) is 50.8. The highest BCUT2D eigenvalue weighted by atomic mass is 16.2. The summed E-state index contributed by atoms with van der Waals surface area (Å²) in [6, 6.07) is -0.397. The average Bonchev–Trinajstić information content (AvgIpc) is 3.28. The van der Waals surface area contributed by atoms with E-state index in [9.17, 15) is 4.79 Å². The van der Waals surface area contributed by atoms with Gasteiger partial charge < -0.3 is 26.2 Å². The molecule has 6 heteroatoms. The summed E-state index contributed by atoms with van der Waals surface area (Å²) < 4.78 is 0. The minimum atomic E-state index is -0.397. The molecule has 4 N–H and O–H groups in total. The molecule has 54 heavy (non-hydrogen) atoms. The Labute approximate surface area is 338 Å². The van der Waals surface area contributed by atoms with Gasteiger partial charge in [0.15, 0.2) is 0 Å². The Morgan fingerprint density at radius 3 is 1.17 bits per heavy atom. The second-order valence-electron chi connectivity index (χ2n) is 16.8. The van der Waals surface area contributed by atoms with Gasteiger partial charge in [-0.25, -0.2) is 0 Å². The molecule has 0 aromatic heterocycles. The fraction of sp³-hybridized carbons (Fsp3) is 0.896. The fourth-order valence-corrected chi connectivity index (χ4v) is 7.84. The standard InChI is InChI=1S/C48H95N5O/c1-3-5-7-9-11-13-15-17-19-21-23-25-27-29-31-35-39-51-41-42-52(44-46-53(45-43-51)48(54)47(50)37-33-34-38-49)40-36-32-30-28-26-24-22-20-18-16-14-12-10-8-6-4-2/h17-20,47H,3-16,21-46,49-50H2,1-2H3/b19-17-,20-18-. The lowest BCUT2D eigenvalue weighted by atomic mass is 10.1. The van der Waals surface area contributed by atoms with Gasteiger partial charge in [-0.2, -0.15) is 0 Å². The molecule has 1 saturated heterocycles. The average molecular weight is 758 g/mol. The molecule has 1 amide bonds. The molecule has 0 aliphatic carbocycles. The largest absolute Gasteiger partial charge is 0.339 e. The van der Waals surface area contributed by atoms with Crippen LogP contribution in [0.2, 0.25) is 0 Å². The van der Waals surface area contributed by atoms with Gasteiger partial charge in [0, 0.05) is 39.3 Å². The van der Waals surface area contributed by atoms with Crippen molar-refractivity contribution in [3.05, 3.63) is 24.3 Å². The Kier molecular flexibility index (Phi) is 37.6. The van der Waals surface area contributed by atoms with Gasteiger partial charge >= 0.3 is 0 Å². The number of unbranched alkanes of at least 4 members (excludes halogenated alkanes) is 25. The molecular formula is C48H95N5O. The zero-order valence-corrected chi connectivity index (χ0v) is 36.6. The topological polar surface area (TPSA) is 78.8 Å². The lowest BCUT2D eigenvalue weighted by molar-refractivity contribution is -0.133. The van der Waals surface area contributed by atoms with Gasteiger partial charge in [0.2, 0.25) is 5.91 Å². The fourth-order valence-electron chi connectivity index (χ4n) is 7.84. The molecule has 1 aliphatic rings. The molecule has 0 bridgehead atoms. The number of allylic oxidation sites excluding steroid dienone is 4. The van der Waals surface area contributed by atoms with E-state index in [4.69, 9.17) is 11.5 Å². The van der Waals surface area contributed by atoms with Gasteiger partial charge in [-0.3, -0.25) is 4.79 Å². The molecule has 1 aliphatic heterocycles. The highest BCUT2D eigenvalue weighted by Gasteiger charge is 2.23. The molecule has 6 nitrogen and oxygen atoms in total. The van der Waals surface area contributed by atoms with Crippen molar-refractivity contribution in [2.45, 2.75) is 219 Å². The number of hydrogen-bond donors (Lipinski definition) is 2. The molecule has 0 saturated carbocycles. The first-order chi connectivity index (χ1) is 26.6. The summed E-state index contributed by atoms with van der Waals surface area (Å²) in [5.41, 5.74) is 12.1. The molecule has 1 atom stereocenters. The minimum absolute atomic E-state index is 0.142. The quantitative estimate of drug-likeness (QED) is 0.0487. The smallest absolute Gasteiger partial charge is 0.239 e. The highest BCUT2D eigenvalue weighted by Crippen LogP contribution is 2.14. The Morgan fingerprint density at radius 1 is 0.463 bits per heavy atom. The third kappa shape index (κ3) is 31.9. The van der Waals surface area contributed by atoms with E-state index in [1.54, 1.807) is 0 Å². The van der Waals surface area contributed by atoms with Crippen molar-refractivity contribution in [3.63, 3.8) is 0 Å². The maximum atomic E-state index is 13.4. The molecule has 318 valence electrons. The number of rotatable bonds is 37. The second-order valence-corrected chi connectivity index (χ2v) is 16.8. The minimum Gasteiger partial charge on any atom is -0.339 e. The Bertz CT molecular complexity index is 793. The number of carbonyl (C=O) groups is 1. The summed E-state index contributed by atoms with van der Waals surface area (Å²) in [6.07, 6.45) is 50.0. The van der Waals surface area contributed by atoms with Crippen LogP contribution in [0.5, 0.6) is 0 Å². The first-order valence-electron chi connectivity index (χ1n) is 24.1. The molecule has 1 fully saturated rings. The third-order valence-electron chi connectivity index (χ3n) is 11.7. The van der Waals surface area contributed by atoms with Crippen molar-refractivity contribution in [1.29, 1.82) is 0 Å². The summed E-state index contributed by atoms with van der Waals surface area (Å²) in [5.74, 6) is 0.142. The van der Waals surface area contributed by atoms with E-state index in [1.807, 2.05) is 0 Å². The summed E-state index contributed by atoms with van der Waals surface area (Å²) in [4.78, 5) is 20.8. The molecule has 1 rings (SSSR count). The second kappa shape index (κ2) is 40.0. The zero-order valence-electron chi connectivity index (χ0n) is 36.6. The maximum absolute atomic E-state index is 13.4. The van der Waals surface area contributed by atoms with Gasteiger partial charge in [-0.1, -0.05) is 160 Å². The predicted molar refractivity (Wildman–Crippen MR) is 239 cm³/mol. The van der Waals surface area contributed by atoms with E-state index in [-0.39, 0.29) is 5.91 Å². The van der Waals surface area contributed by atoms with Crippen LogP contribution in [0.25, 0.3) is 0 Å². The van der Waals surface area contributed by atoms with Gasteiger partial charge in [0.05, 0.1) is 6.04 Å². The molecule has 0 spiro atoms. The van der Waals surface area contributed by atoms with Crippen LogP contribution in [0.3, 0.4) is 0 Å². The summed E-state index contributed by atoms with van der Waals surface area (Å²) >= 11 is 0. The van der Waals surface area contributed by atoms with E-state index >= 15 is 0 Å². The van der Waals surface area contributed by atoms with Crippen LogP contribution in [0.1, 0.15) is 213 Å². The van der Waals surface area contributed by atoms with E-state index in [0.29, 0.717) is 6.54 Å². The number of nitrogens with two attached hydrogens (primary N) is 2. The third-order valence-corrected chi connectivity index (χ3v) is 11.7. The van der Waals surface area contributed by atoms with Crippen molar-refractivity contribution >= 4 is 5.91 Å². The van der Waals surface area contributed by atoms with Crippen LogP contribution in [-0.4, -0.2) is 85.6 Å². The number of nitrogens with zero attached hydrogens (tertiary/aromatic N) is 3. The molecule has 0 aromatic carbocycles. The van der Waals surface area contributed by atoms with Crippen LogP contribution >= 0.6 is 0 Å². The van der Waals surface area contributed by atoms with E-state index < -0.39 is 6.04 Å². The summed E-state index contributed by atoms with van der Waals surface area (Å²) in [6.45, 7) is 13.3. The van der Waals surface area contributed by atoms with Crippen molar-refractivity contribution in [3.8, 4) is 0 Å². The monoisotopic (exact) mass is 758 g/mol. The van der Waals surface area contributed by atoms with Gasteiger partial charge in [-0.05, 0) is 96.7 Å². The lowest BCUT2D eigenvalue weighted by Gasteiger charge is -2.28. The van der Waals surface area contributed by atoms with Crippen molar-refractivity contribution < 1.29 is 4.79 Å². The lowest BCUT2D eigenvalue weighted by Crippen LogP contribution is -2.48. The molecule has 0 radical (unpaired) electrons. The van der Waals surface area contributed by atoms with Crippen molar-refractivity contribution in [2.24, 2.45) is 11.5 Å². The van der Waals surface area contributed by atoms with Crippen molar-refractivity contribution in [2.75, 3.05) is 58.9 Å². The highest BCUT2D eigenvalue weighted by molar-refractivity contribution is 5.81. The normalized spacial score (nSPS) is 15.7. The molecule has 0 aromatic rings. The van der Waals surface area contributed by atoms with Crippen LogP contribution in [0.4, 0.5) is 0 Å². The Balaban J connectivity index is 2.33. The summed E-state index contributed by atoms with van der Waals surface area (Å²) in [7, 11) is 0. The van der Waals surface area contributed by atoms with Gasteiger partial charge in [-0.15, -0.1) is 0 Å². The van der Waals surface area contributed by atoms with Crippen LogP contribution in [0, 0.1) is 0 Å². The maximum Gasteiger partial charge on any atom is 0.239 e. The SMILES string of the molecule is CCCCCCCC/C=C\CCCCCCCCN1CCN(CCCCCCCC/C=C\CCCCCCCC)CCN(C(=O)C(N)CCCCN)CC1. The van der Waals surface area contributed by atoms with Crippen molar-refractivity contribution in [1.82, 2.24) is 14.7 Å². The van der Waals surface area contributed by atoms with Crippen LogP contribution in [0.15, 0.2) is 24.3 Å². The van der Waals surface area contributed by atoms with Crippen LogP contribution in [-0.2, 0) is 4.79 Å². The Morgan fingerprint density at radius 2 is 0.796 bits per heavy atom. The first-order valence-corrected chi connectivity index (χ1v) is 24.1. The number of hydrogen-bond acceptors (Lipinski definition) is 5. The molecule has 1 unspecified atom stereocenters. The molecular weight excluding hydrogens is 663 g/mol. The Hall–Kier alpha value is -1.21. The zero-order chi connectivity index (χ0) is 39.0. The predicted octanol–water partition coefficient (Wildman–Crippen LogP) is 12.0. The van der Waals surface area contributed by atoms with Gasteiger partial charge in [0.25, 0.3) is 0 Å². The van der Waals surface area contributed by atoms with Crippen LogP contribution < -0.4 is 11.5 Å². The van der Waals surface area contributed by atoms with E-state index in [1.165, 1.54) is 180 Å². The van der Waals surface area contributed by atoms with E-state index in [2.05, 4.69) is 52.9 Å². The number of carbonyl (C=O) groups excluding carboxylic acids is 1. The molecule has 1 heterocycles.